The fraction of sp³-hybridized carbons (Fsp3) is 0.0625. The van der Waals surface area contributed by atoms with Crippen molar-refractivity contribution in [2.75, 3.05) is 0 Å². The van der Waals surface area contributed by atoms with E-state index in [4.69, 9.17) is 11.6 Å². The average Bonchev–Trinajstić information content (AvgIpc) is 2.46. The SMILES string of the molecule is FC(F)(F)c1c(-c2ccc(Cl)cc2)ncc2ccccc12. The minimum absolute atomic E-state index is 0.0853. The van der Waals surface area contributed by atoms with Gasteiger partial charge in [-0.2, -0.15) is 13.2 Å². The molecule has 0 amide bonds. The van der Waals surface area contributed by atoms with E-state index >= 15 is 0 Å². The molecule has 0 aliphatic heterocycles. The number of halogens is 4. The zero-order chi connectivity index (χ0) is 15.0. The molecule has 1 heterocycles. The molecule has 2 aromatic carbocycles. The predicted molar refractivity (Wildman–Crippen MR) is 77.2 cm³/mol. The van der Waals surface area contributed by atoms with Crippen molar-refractivity contribution in [2.45, 2.75) is 6.18 Å². The first-order valence-electron chi connectivity index (χ1n) is 6.18. The Morgan fingerprint density at radius 1 is 0.905 bits per heavy atom. The van der Waals surface area contributed by atoms with Gasteiger partial charge in [-0.15, -0.1) is 0 Å². The maximum atomic E-state index is 13.5. The number of hydrogen-bond acceptors (Lipinski definition) is 1. The van der Waals surface area contributed by atoms with E-state index in [1.54, 1.807) is 30.3 Å². The van der Waals surface area contributed by atoms with Gasteiger partial charge in [0.05, 0.1) is 11.3 Å². The third-order valence-electron chi connectivity index (χ3n) is 3.20. The van der Waals surface area contributed by atoms with Crippen LogP contribution in [0.4, 0.5) is 13.2 Å². The van der Waals surface area contributed by atoms with Gasteiger partial charge >= 0.3 is 6.18 Å². The lowest BCUT2D eigenvalue weighted by molar-refractivity contribution is -0.136. The van der Waals surface area contributed by atoms with Crippen molar-refractivity contribution in [3.63, 3.8) is 0 Å². The van der Waals surface area contributed by atoms with E-state index in [2.05, 4.69) is 4.98 Å². The molecular formula is C16H9ClF3N. The molecule has 0 aliphatic carbocycles. The fourth-order valence-corrected chi connectivity index (χ4v) is 2.40. The molecule has 0 spiro atoms. The van der Waals surface area contributed by atoms with Crippen LogP contribution < -0.4 is 0 Å². The molecule has 0 bridgehead atoms. The van der Waals surface area contributed by atoms with Gasteiger partial charge in [0.1, 0.15) is 0 Å². The third-order valence-corrected chi connectivity index (χ3v) is 3.45. The summed E-state index contributed by atoms with van der Waals surface area (Å²) in [6.45, 7) is 0. The Kier molecular flexibility index (Phi) is 3.33. The highest BCUT2D eigenvalue weighted by Crippen LogP contribution is 2.40. The molecule has 0 N–H and O–H groups in total. The predicted octanol–water partition coefficient (Wildman–Crippen LogP) is 5.57. The average molecular weight is 308 g/mol. The lowest BCUT2D eigenvalue weighted by Gasteiger charge is -2.15. The van der Waals surface area contributed by atoms with Gasteiger partial charge in [-0.3, -0.25) is 4.98 Å². The molecular weight excluding hydrogens is 299 g/mol. The summed E-state index contributed by atoms with van der Waals surface area (Å²) in [4.78, 5) is 4.01. The normalized spacial score (nSPS) is 11.8. The zero-order valence-corrected chi connectivity index (χ0v) is 11.4. The highest BCUT2D eigenvalue weighted by molar-refractivity contribution is 6.30. The number of alkyl halides is 3. The van der Waals surface area contributed by atoms with Crippen molar-refractivity contribution in [1.29, 1.82) is 0 Å². The van der Waals surface area contributed by atoms with Gasteiger partial charge in [-0.1, -0.05) is 48.0 Å². The van der Waals surface area contributed by atoms with Crippen LogP contribution in [0.3, 0.4) is 0 Å². The third kappa shape index (κ3) is 2.59. The minimum atomic E-state index is -4.48. The second-order valence-electron chi connectivity index (χ2n) is 4.57. The second-order valence-corrected chi connectivity index (χ2v) is 5.01. The number of hydrogen-bond donors (Lipinski definition) is 0. The molecule has 106 valence electrons. The smallest absolute Gasteiger partial charge is 0.255 e. The maximum absolute atomic E-state index is 13.5. The van der Waals surface area contributed by atoms with Gasteiger partial charge in [0.25, 0.3) is 0 Å². The van der Waals surface area contributed by atoms with Crippen LogP contribution >= 0.6 is 11.6 Å². The van der Waals surface area contributed by atoms with Gasteiger partial charge in [0.2, 0.25) is 0 Å². The Labute approximate surface area is 124 Å². The summed E-state index contributed by atoms with van der Waals surface area (Å²) in [5, 5.41) is 1.07. The summed E-state index contributed by atoms with van der Waals surface area (Å²) >= 11 is 5.78. The molecule has 3 aromatic rings. The molecule has 1 aromatic heterocycles. The summed E-state index contributed by atoms with van der Waals surface area (Å²) in [7, 11) is 0. The number of fused-ring (bicyclic) bond motifs is 1. The molecule has 5 heteroatoms. The molecule has 0 saturated carbocycles. The number of nitrogens with zero attached hydrogens (tertiary/aromatic N) is 1. The van der Waals surface area contributed by atoms with Crippen LogP contribution in [0.5, 0.6) is 0 Å². The molecule has 3 rings (SSSR count). The Hall–Kier alpha value is -2.07. The van der Waals surface area contributed by atoms with Crippen LogP contribution in [0.1, 0.15) is 5.56 Å². The van der Waals surface area contributed by atoms with Crippen molar-refractivity contribution < 1.29 is 13.2 Å². The highest BCUT2D eigenvalue weighted by Gasteiger charge is 2.36. The Balaban J connectivity index is 2.35. The van der Waals surface area contributed by atoms with E-state index in [-0.39, 0.29) is 11.1 Å². The maximum Gasteiger partial charge on any atom is 0.419 e. The van der Waals surface area contributed by atoms with E-state index in [0.29, 0.717) is 16.0 Å². The lowest BCUT2D eigenvalue weighted by atomic mass is 9.99. The number of aromatic nitrogens is 1. The number of pyridine rings is 1. The molecule has 1 nitrogen and oxygen atoms in total. The molecule has 0 radical (unpaired) electrons. The van der Waals surface area contributed by atoms with Crippen molar-refractivity contribution in [3.8, 4) is 11.3 Å². The summed E-state index contributed by atoms with van der Waals surface area (Å²) in [5.74, 6) is 0. The highest BCUT2D eigenvalue weighted by atomic mass is 35.5. The van der Waals surface area contributed by atoms with Crippen molar-refractivity contribution in [3.05, 3.63) is 65.3 Å². The first-order chi connectivity index (χ1) is 9.97. The first kappa shape index (κ1) is 13.9. The number of benzene rings is 2. The molecule has 0 unspecified atom stereocenters. The van der Waals surface area contributed by atoms with Gasteiger partial charge in [-0.25, -0.2) is 0 Å². The van der Waals surface area contributed by atoms with E-state index in [9.17, 15) is 13.2 Å². The van der Waals surface area contributed by atoms with Crippen LogP contribution in [-0.4, -0.2) is 4.98 Å². The largest absolute Gasteiger partial charge is 0.419 e. The van der Waals surface area contributed by atoms with E-state index in [1.807, 2.05) is 0 Å². The zero-order valence-electron chi connectivity index (χ0n) is 10.7. The molecule has 0 saturated heterocycles. The Bertz CT molecular complexity index is 795. The van der Waals surface area contributed by atoms with Gasteiger partial charge in [0, 0.05) is 22.2 Å². The Morgan fingerprint density at radius 3 is 2.24 bits per heavy atom. The van der Waals surface area contributed by atoms with Crippen molar-refractivity contribution >= 4 is 22.4 Å². The van der Waals surface area contributed by atoms with Crippen LogP contribution in [0.2, 0.25) is 5.02 Å². The van der Waals surface area contributed by atoms with E-state index < -0.39 is 11.7 Å². The van der Waals surface area contributed by atoms with E-state index in [1.165, 1.54) is 24.4 Å². The monoisotopic (exact) mass is 307 g/mol. The van der Waals surface area contributed by atoms with Crippen LogP contribution in [0.25, 0.3) is 22.0 Å². The van der Waals surface area contributed by atoms with Crippen molar-refractivity contribution in [2.24, 2.45) is 0 Å². The van der Waals surface area contributed by atoms with Crippen LogP contribution in [0.15, 0.2) is 54.7 Å². The van der Waals surface area contributed by atoms with Gasteiger partial charge in [0.15, 0.2) is 0 Å². The lowest BCUT2D eigenvalue weighted by Crippen LogP contribution is -2.09. The van der Waals surface area contributed by atoms with Crippen molar-refractivity contribution in [1.82, 2.24) is 4.98 Å². The fourth-order valence-electron chi connectivity index (χ4n) is 2.28. The second kappa shape index (κ2) is 5.04. The quantitative estimate of drug-likeness (QED) is 0.572. The first-order valence-corrected chi connectivity index (χ1v) is 6.55. The number of rotatable bonds is 1. The summed E-state index contributed by atoms with van der Waals surface area (Å²) < 4.78 is 40.4. The van der Waals surface area contributed by atoms with Gasteiger partial charge in [-0.05, 0) is 17.5 Å². The van der Waals surface area contributed by atoms with Crippen LogP contribution in [-0.2, 0) is 6.18 Å². The molecule has 21 heavy (non-hydrogen) atoms. The topological polar surface area (TPSA) is 12.9 Å². The standard InChI is InChI=1S/C16H9ClF3N/c17-12-7-5-10(6-8-12)15-14(16(18,19)20)13-4-2-1-3-11(13)9-21-15/h1-9H. The molecule has 0 fully saturated rings. The molecule has 0 atom stereocenters. The summed E-state index contributed by atoms with van der Waals surface area (Å²) in [6.07, 6.45) is -3.03. The summed E-state index contributed by atoms with van der Waals surface area (Å²) in [5.41, 5.74) is -0.418. The molecule has 0 aliphatic rings. The van der Waals surface area contributed by atoms with E-state index in [0.717, 1.165) is 0 Å². The summed E-state index contributed by atoms with van der Waals surface area (Å²) in [6, 6.07) is 12.5. The van der Waals surface area contributed by atoms with Gasteiger partial charge < -0.3 is 0 Å². The minimum Gasteiger partial charge on any atom is -0.255 e. The van der Waals surface area contributed by atoms with Crippen LogP contribution in [0, 0.1) is 0 Å². The Morgan fingerprint density at radius 2 is 1.57 bits per heavy atom.